The first-order valence-corrected chi connectivity index (χ1v) is 6.33. The van der Waals surface area contributed by atoms with E-state index in [2.05, 4.69) is 4.90 Å². The van der Waals surface area contributed by atoms with Gasteiger partial charge >= 0.3 is 5.97 Å². The minimum atomic E-state index is -0.448. The van der Waals surface area contributed by atoms with Gasteiger partial charge in [0.1, 0.15) is 0 Å². The molecule has 1 saturated heterocycles. The fraction of sp³-hybridized carbons (Fsp3) is 0.846. The van der Waals surface area contributed by atoms with Crippen LogP contribution in [0.1, 0.15) is 26.7 Å². The first-order chi connectivity index (χ1) is 8.30. The van der Waals surface area contributed by atoms with Crippen LogP contribution < -0.4 is 0 Å². The van der Waals surface area contributed by atoms with E-state index in [-0.39, 0.29) is 24.2 Å². The molecule has 1 amide bonds. The van der Waals surface area contributed by atoms with Gasteiger partial charge in [-0.05, 0) is 40.9 Å². The number of amides is 1. The second-order valence-corrected chi connectivity index (χ2v) is 5.64. The van der Waals surface area contributed by atoms with E-state index in [1.54, 1.807) is 0 Å². The lowest BCUT2D eigenvalue weighted by Crippen LogP contribution is -2.47. The number of carbonyl (C=O) groups is 2. The summed E-state index contributed by atoms with van der Waals surface area (Å²) in [6.45, 7) is 5.50. The maximum Gasteiger partial charge on any atom is 0.311 e. The molecule has 1 fully saturated rings. The standard InChI is InChI=1S/C13H24N2O3/c1-13(2)10(12(17)18-5)9-11(16)15(13)8-6-7-14(3)4/h10H,6-9H2,1-5H3. The van der Waals surface area contributed by atoms with Gasteiger partial charge in [0, 0.05) is 13.0 Å². The Morgan fingerprint density at radius 3 is 2.61 bits per heavy atom. The highest BCUT2D eigenvalue weighted by Gasteiger charge is 2.49. The van der Waals surface area contributed by atoms with E-state index in [4.69, 9.17) is 4.74 Å². The van der Waals surface area contributed by atoms with Crippen molar-refractivity contribution in [3.63, 3.8) is 0 Å². The summed E-state index contributed by atoms with van der Waals surface area (Å²) in [6.07, 6.45) is 1.18. The van der Waals surface area contributed by atoms with Gasteiger partial charge in [0.15, 0.2) is 0 Å². The minimum absolute atomic E-state index is 0.0501. The zero-order valence-corrected chi connectivity index (χ0v) is 12.0. The SMILES string of the molecule is COC(=O)C1CC(=O)N(CCCN(C)C)C1(C)C. The molecule has 5 nitrogen and oxygen atoms in total. The van der Waals surface area contributed by atoms with Crippen molar-refractivity contribution in [1.29, 1.82) is 0 Å². The quantitative estimate of drug-likeness (QED) is 0.681. The van der Waals surface area contributed by atoms with Gasteiger partial charge in [-0.2, -0.15) is 0 Å². The summed E-state index contributed by atoms with van der Waals surface area (Å²) in [4.78, 5) is 27.6. The van der Waals surface area contributed by atoms with Gasteiger partial charge in [-0.3, -0.25) is 9.59 Å². The van der Waals surface area contributed by atoms with Crippen LogP contribution in [0.2, 0.25) is 0 Å². The molecule has 1 heterocycles. The van der Waals surface area contributed by atoms with Gasteiger partial charge in [-0.1, -0.05) is 0 Å². The average Bonchev–Trinajstić information content (AvgIpc) is 2.50. The van der Waals surface area contributed by atoms with Gasteiger partial charge < -0.3 is 14.5 Å². The van der Waals surface area contributed by atoms with E-state index < -0.39 is 5.54 Å². The number of carbonyl (C=O) groups excluding carboxylic acids is 2. The molecule has 0 aliphatic carbocycles. The lowest BCUT2D eigenvalue weighted by molar-refractivity contribution is -0.148. The molecule has 1 rings (SSSR count). The second kappa shape index (κ2) is 5.69. The third-order valence-corrected chi connectivity index (χ3v) is 3.70. The van der Waals surface area contributed by atoms with Gasteiger partial charge in [-0.25, -0.2) is 0 Å². The maximum absolute atomic E-state index is 12.0. The van der Waals surface area contributed by atoms with Crippen molar-refractivity contribution in [2.24, 2.45) is 5.92 Å². The van der Waals surface area contributed by atoms with E-state index in [1.807, 2.05) is 32.8 Å². The van der Waals surface area contributed by atoms with Crippen LogP contribution >= 0.6 is 0 Å². The Morgan fingerprint density at radius 1 is 1.50 bits per heavy atom. The Bertz CT molecular complexity index is 326. The highest BCUT2D eigenvalue weighted by atomic mass is 16.5. The summed E-state index contributed by atoms with van der Waals surface area (Å²) < 4.78 is 4.78. The Balaban J connectivity index is 2.68. The van der Waals surface area contributed by atoms with Crippen LogP contribution in [0.4, 0.5) is 0 Å². The first kappa shape index (κ1) is 15.0. The first-order valence-electron chi connectivity index (χ1n) is 6.33. The van der Waals surface area contributed by atoms with Crippen molar-refractivity contribution in [3.05, 3.63) is 0 Å². The fourth-order valence-corrected chi connectivity index (χ4v) is 2.52. The van der Waals surface area contributed by atoms with Crippen LogP contribution in [0, 0.1) is 5.92 Å². The van der Waals surface area contributed by atoms with Gasteiger partial charge in [0.25, 0.3) is 0 Å². The highest BCUT2D eigenvalue weighted by Crippen LogP contribution is 2.36. The van der Waals surface area contributed by atoms with Crippen molar-refractivity contribution in [2.75, 3.05) is 34.3 Å². The number of methoxy groups -OCH3 is 1. The summed E-state index contributed by atoms with van der Waals surface area (Å²) in [7, 11) is 5.39. The maximum atomic E-state index is 12.0. The average molecular weight is 256 g/mol. The van der Waals surface area contributed by atoms with Crippen LogP contribution in [0.25, 0.3) is 0 Å². The molecule has 0 radical (unpaired) electrons. The fourth-order valence-electron chi connectivity index (χ4n) is 2.52. The summed E-state index contributed by atoms with van der Waals surface area (Å²) >= 11 is 0. The number of esters is 1. The van der Waals surface area contributed by atoms with Crippen molar-refractivity contribution >= 4 is 11.9 Å². The number of rotatable bonds is 5. The molecule has 1 aliphatic rings. The third kappa shape index (κ3) is 3.02. The Hall–Kier alpha value is -1.10. The van der Waals surface area contributed by atoms with Crippen molar-refractivity contribution in [1.82, 2.24) is 9.80 Å². The van der Waals surface area contributed by atoms with Crippen LogP contribution in [-0.4, -0.2) is 61.5 Å². The highest BCUT2D eigenvalue weighted by molar-refractivity contribution is 5.88. The molecule has 1 unspecified atom stereocenters. The molecule has 1 aliphatic heterocycles. The molecule has 0 N–H and O–H groups in total. The van der Waals surface area contributed by atoms with E-state index in [9.17, 15) is 9.59 Å². The smallest absolute Gasteiger partial charge is 0.311 e. The summed E-state index contributed by atoms with van der Waals surface area (Å²) in [5, 5.41) is 0. The molecule has 0 spiro atoms. The lowest BCUT2D eigenvalue weighted by atomic mass is 9.88. The molecule has 0 bridgehead atoms. The van der Waals surface area contributed by atoms with E-state index >= 15 is 0 Å². The zero-order valence-electron chi connectivity index (χ0n) is 12.0. The molecule has 1 atom stereocenters. The summed E-state index contributed by atoms with van der Waals surface area (Å²) in [6, 6.07) is 0. The van der Waals surface area contributed by atoms with Crippen LogP contribution in [0.15, 0.2) is 0 Å². The predicted molar refractivity (Wildman–Crippen MR) is 69.1 cm³/mol. The molecular formula is C13H24N2O3. The van der Waals surface area contributed by atoms with Crippen LogP contribution in [0.3, 0.4) is 0 Å². The van der Waals surface area contributed by atoms with Crippen LogP contribution in [0.5, 0.6) is 0 Å². The van der Waals surface area contributed by atoms with E-state index in [1.165, 1.54) is 7.11 Å². The molecule has 0 saturated carbocycles. The molecular weight excluding hydrogens is 232 g/mol. The van der Waals surface area contributed by atoms with Gasteiger partial charge in [-0.15, -0.1) is 0 Å². The topological polar surface area (TPSA) is 49.9 Å². The Morgan fingerprint density at radius 2 is 2.11 bits per heavy atom. The minimum Gasteiger partial charge on any atom is -0.469 e. The number of hydrogen-bond acceptors (Lipinski definition) is 4. The second-order valence-electron chi connectivity index (χ2n) is 5.64. The molecule has 0 aromatic rings. The van der Waals surface area contributed by atoms with Gasteiger partial charge in [0.2, 0.25) is 5.91 Å². The number of nitrogens with zero attached hydrogens (tertiary/aromatic N) is 2. The third-order valence-electron chi connectivity index (χ3n) is 3.70. The number of hydrogen-bond donors (Lipinski definition) is 0. The van der Waals surface area contributed by atoms with Crippen molar-refractivity contribution < 1.29 is 14.3 Å². The van der Waals surface area contributed by atoms with Crippen LogP contribution in [-0.2, 0) is 14.3 Å². The summed E-state index contributed by atoms with van der Waals surface area (Å²) in [5.41, 5.74) is -0.448. The Labute approximate surface area is 109 Å². The predicted octanol–water partition coefficient (Wildman–Crippen LogP) is 0.738. The molecule has 18 heavy (non-hydrogen) atoms. The van der Waals surface area contributed by atoms with Crippen molar-refractivity contribution in [2.45, 2.75) is 32.2 Å². The lowest BCUT2D eigenvalue weighted by Gasteiger charge is -2.35. The number of likely N-dealkylation sites (tertiary alicyclic amines) is 1. The molecule has 5 heteroatoms. The normalized spacial score (nSPS) is 22.7. The largest absolute Gasteiger partial charge is 0.469 e. The Kier molecular flexibility index (Phi) is 4.73. The number of ether oxygens (including phenoxy) is 1. The molecule has 104 valence electrons. The molecule has 0 aromatic heterocycles. The van der Waals surface area contributed by atoms with E-state index in [0.717, 1.165) is 13.0 Å². The van der Waals surface area contributed by atoms with Gasteiger partial charge in [0.05, 0.1) is 18.6 Å². The molecule has 0 aromatic carbocycles. The van der Waals surface area contributed by atoms with Crippen molar-refractivity contribution in [3.8, 4) is 0 Å². The van der Waals surface area contributed by atoms with E-state index in [0.29, 0.717) is 6.54 Å². The monoisotopic (exact) mass is 256 g/mol. The zero-order chi connectivity index (χ0) is 13.9. The summed E-state index contributed by atoms with van der Waals surface area (Å²) in [5.74, 6) is -0.591.